The molecule has 0 aliphatic rings. The molecule has 0 rings (SSSR count). The van der Waals surface area contributed by atoms with Gasteiger partial charge in [-0.2, -0.15) is 8.42 Å². The normalized spacial score (nSPS) is 7.25. The molecule has 0 aromatic carbocycles. The Balaban J connectivity index is -0.0000000267. The summed E-state index contributed by atoms with van der Waals surface area (Å²) in [5, 5.41) is 0. The SMILES string of the molecule is Cl.O=S(=O)(O)O.[Cu].[NaH]. The van der Waals surface area contributed by atoms with E-state index in [1.165, 1.54) is 0 Å². The molecule has 0 aliphatic carbocycles. The quantitative estimate of drug-likeness (QED) is 0.412. The molecule has 0 aliphatic heterocycles. The summed E-state index contributed by atoms with van der Waals surface area (Å²) in [5.41, 5.74) is 0. The van der Waals surface area contributed by atoms with Crippen LogP contribution in [-0.4, -0.2) is 47.1 Å². The zero-order valence-corrected chi connectivity index (χ0v) is 5.40. The molecule has 0 aromatic heterocycles. The zero-order chi connectivity index (χ0) is 4.50. The third kappa shape index (κ3) is 121. The van der Waals surface area contributed by atoms with E-state index in [0.717, 1.165) is 0 Å². The second-order valence-corrected chi connectivity index (χ2v) is 1.34. The Morgan fingerprint density at radius 1 is 1.12 bits per heavy atom. The van der Waals surface area contributed by atoms with Crippen molar-refractivity contribution < 1.29 is 34.6 Å². The summed E-state index contributed by atoms with van der Waals surface area (Å²) in [6.07, 6.45) is 0. The fourth-order valence-corrected chi connectivity index (χ4v) is 0. The first-order chi connectivity index (χ1) is 2.00. The Kier molecular flexibility index (Phi) is 24.5. The van der Waals surface area contributed by atoms with Crippen LogP contribution in [0.25, 0.3) is 0 Å². The van der Waals surface area contributed by atoms with Crippen molar-refractivity contribution in [1.82, 2.24) is 0 Å². The van der Waals surface area contributed by atoms with Crippen molar-refractivity contribution in [2.45, 2.75) is 0 Å². The number of halogens is 1. The van der Waals surface area contributed by atoms with Gasteiger partial charge < -0.3 is 0 Å². The van der Waals surface area contributed by atoms with Crippen LogP contribution in [0.5, 0.6) is 0 Å². The summed E-state index contributed by atoms with van der Waals surface area (Å²) in [6.45, 7) is 0. The summed E-state index contributed by atoms with van der Waals surface area (Å²) in [6, 6.07) is 0. The molecule has 1 radical (unpaired) electrons. The molecule has 0 atom stereocenters. The van der Waals surface area contributed by atoms with Crippen LogP contribution < -0.4 is 0 Å². The maximum absolute atomic E-state index is 8.74. The fraction of sp³-hybridized carbons (Fsp3) is 0. The van der Waals surface area contributed by atoms with Crippen LogP contribution in [0.1, 0.15) is 0 Å². The first-order valence-electron chi connectivity index (χ1n) is 0.698. The maximum atomic E-state index is 8.74. The minimum absolute atomic E-state index is 0. The van der Waals surface area contributed by atoms with Gasteiger partial charge in [0.25, 0.3) is 0 Å². The first-order valence-corrected chi connectivity index (χ1v) is 2.10. The third-order valence-corrected chi connectivity index (χ3v) is 0. The second kappa shape index (κ2) is 8.68. The van der Waals surface area contributed by atoms with Gasteiger partial charge in [-0.1, -0.05) is 0 Å². The van der Waals surface area contributed by atoms with Gasteiger partial charge in [-0.15, -0.1) is 12.4 Å². The van der Waals surface area contributed by atoms with Crippen molar-refractivity contribution in [3.63, 3.8) is 0 Å². The average Bonchev–Trinajstić information content (AvgIpc) is 0.722. The predicted octanol–water partition coefficient (Wildman–Crippen LogP) is -0.882. The van der Waals surface area contributed by atoms with Crippen LogP contribution >= 0.6 is 12.4 Å². The van der Waals surface area contributed by atoms with Crippen LogP contribution in [0.15, 0.2) is 0 Å². The summed E-state index contributed by atoms with van der Waals surface area (Å²) < 4.78 is 31.6. The molecule has 4 nitrogen and oxygen atoms in total. The first kappa shape index (κ1) is 22.6. The van der Waals surface area contributed by atoms with Crippen molar-refractivity contribution in [3.8, 4) is 0 Å². The molecule has 0 saturated carbocycles. The van der Waals surface area contributed by atoms with Gasteiger partial charge in [-0.25, -0.2) is 0 Å². The van der Waals surface area contributed by atoms with E-state index in [0.29, 0.717) is 0 Å². The van der Waals surface area contributed by atoms with Gasteiger partial charge in [0, 0.05) is 17.1 Å². The van der Waals surface area contributed by atoms with Gasteiger partial charge >= 0.3 is 40.0 Å². The van der Waals surface area contributed by atoms with Gasteiger partial charge in [-0.05, 0) is 0 Å². The van der Waals surface area contributed by atoms with Gasteiger partial charge in [0.2, 0.25) is 0 Å². The Hall–Kier alpha value is 1.68. The van der Waals surface area contributed by atoms with Gasteiger partial charge in [-0.3, -0.25) is 9.11 Å². The number of hydrogen-bond acceptors (Lipinski definition) is 2. The summed E-state index contributed by atoms with van der Waals surface area (Å²) in [4.78, 5) is 0. The minimum atomic E-state index is -4.67. The summed E-state index contributed by atoms with van der Waals surface area (Å²) >= 11 is 0. The topological polar surface area (TPSA) is 74.6 Å². The van der Waals surface area contributed by atoms with E-state index >= 15 is 0 Å². The van der Waals surface area contributed by atoms with E-state index < -0.39 is 10.4 Å². The van der Waals surface area contributed by atoms with E-state index in [-0.39, 0.29) is 59.0 Å². The number of rotatable bonds is 0. The predicted molar refractivity (Wildman–Crippen MR) is 28.6 cm³/mol. The molecule has 0 unspecified atom stereocenters. The molecule has 0 heterocycles. The summed E-state index contributed by atoms with van der Waals surface area (Å²) in [5.74, 6) is 0. The van der Waals surface area contributed by atoms with Crippen LogP contribution in [0.2, 0.25) is 0 Å². The Morgan fingerprint density at radius 3 is 1.12 bits per heavy atom. The molecule has 0 spiro atoms. The molecule has 53 valence electrons. The molecule has 0 fully saturated rings. The van der Waals surface area contributed by atoms with E-state index in [9.17, 15) is 0 Å². The van der Waals surface area contributed by atoms with Crippen LogP contribution in [0.3, 0.4) is 0 Å². The number of hydrogen-bond donors (Lipinski definition) is 2. The van der Waals surface area contributed by atoms with E-state index in [1.807, 2.05) is 0 Å². The van der Waals surface area contributed by atoms with Crippen LogP contribution in [0.4, 0.5) is 0 Å². The fourth-order valence-electron chi connectivity index (χ4n) is 0. The van der Waals surface area contributed by atoms with E-state index in [1.54, 1.807) is 0 Å². The zero-order valence-electron chi connectivity index (χ0n) is 2.83. The van der Waals surface area contributed by atoms with Gasteiger partial charge in [0.15, 0.2) is 0 Å². The van der Waals surface area contributed by atoms with E-state index in [4.69, 9.17) is 17.5 Å². The van der Waals surface area contributed by atoms with Gasteiger partial charge in [0.1, 0.15) is 0 Å². The van der Waals surface area contributed by atoms with Crippen molar-refractivity contribution in [2.75, 3.05) is 0 Å². The molecular weight excluding hydrogens is 218 g/mol. The second-order valence-electron chi connectivity index (χ2n) is 0.448. The van der Waals surface area contributed by atoms with Crippen molar-refractivity contribution in [2.24, 2.45) is 0 Å². The Labute approximate surface area is 86.2 Å². The Bertz CT molecular complexity index is 99.2. The summed E-state index contributed by atoms with van der Waals surface area (Å²) in [7, 11) is -4.67. The molecule has 8 heteroatoms. The standard InChI is InChI=1S/ClH.Cu.Na.H2O4S.H/c;;;1-5(2,3)4;/h1H;;;(H2,1,2,3,4);. The van der Waals surface area contributed by atoms with Crippen LogP contribution in [0, 0.1) is 0 Å². The van der Waals surface area contributed by atoms with Crippen molar-refractivity contribution in [3.05, 3.63) is 0 Å². The molecule has 0 bridgehead atoms. The van der Waals surface area contributed by atoms with Crippen molar-refractivity contribution in [1.29, 1.82) is 0 Å². The van der Waals surface area contributed by atoms with Crippen LogP contribution in [-0.2, 0) is 27.5 Å². The molecule has 2 N–H and O–H groups in total. The van der Waals surface area contributed by atoms with Crippen molar-refractivity contribution >= 4 is 52.4 Å². The Morgan fingerprint density at radius 2 is 1.12 bits per heavy atom. The molecule has 0 saturated heterocycles. The molecular formula is H4ClCuNaO4S. The average molecular weight is 222 g/mol. The molecule has 0 aromatic rings. The monoisotopic (exact) mass is 221 g/mol. The molecule has 0 amide bonds. The van der Waals surface area contributed by atoms with Gasteiger partial charge in [0.05, 0.1) is 0 Å². The molecule has 8 heavy (non-hydrogen) atoms. The van der Waals surface area contributed by atoms with E-state index in [2.05, 4.69) is 0 Å². The third-order valence-electron chi connectivity index (χ3n) is 0.